The molecule has 0 bridgehead atoms. The average molecular weight is 266 g/mol. The Morgan fingerprint density at radius 1 is 1.47 bits per heavy atom. The summed E-state index contributed by atoms with van der Waals surface area (Å²) in [6, 6.07) is 0. The van der Waals surface area contributed by atoms with Crippen LogP contribution in [0, 0.1) is 11.8 Å². The van der Waals surface area contributed by atoms with Gasteiger partial charge >= 0.3 is 0 Å². The maximum absolute atomic E-state index is 5.36. The Morgan fingerprint density at radius 3 is 3.00 bits per heavy atom. The predicted molar refractivity (Wildman–Crippen MR) is 75.0 cm³/mol. The Morgan fingerprint density at radius 2 is 2.32 bits per heavy atom. The molecule has 1 aliphatic rings. The molecule has 1 fully saturated rings. The quantitative estimate of drug-likeness (QED) is 0.842. The second-order valence-corrected chi connectivity index (χ2v) is 5.95. The van der Waals surface area contributed by atoms with E-state index >= 15 is 0 Å². The lowest BCUT2D eigenvalue weighted by atomic mass is 9.85. The van der Waals surface area contributed by atoms with Crippen LogP contribution in [0.5, 0.6) is 0 Å². The molecule has 1 aromatic heterocycles. The van der Waals surface area contributed by atoms with Gasteiger partial charge in [-0.3, -0.25) is 0 Å². The largest absolute Gasteiger partial charge is 0.339 e. The highest BCUT2D eigenvalue weighted by molar-refractivity contribution is 4.90. The number of aromatic nitrogens is 2. The van der Waals surface area contributed by atoms with Gasteiger partial charge in [-0.1, -0.05) is 12.1 Å². The normalized spacial score (nSPS) is 21.8. The maximum Gasteiger partial charge on any atom is 0.226 e. The number of nitrogens with zero attached hydrogens (tertiary/aromatic N) is 3. The Balaban J connectivity index is 1.81. The van der Waals surface area contributed by atoms with Crippen molar-refractivity contribution in [3.63, 3.8) is 0 Å². The van der Waals surface area contributed by atoms with Gasteiger partial charge in [0.2, 0.25) is 5.89 Å². The summed E-state index contributed by atoms with van der Waals surface area (Å²) in [6.07, 6.45) is 4.36. The molecular formula is C14H26N4O. The minimum absolute atomic E-state index is 0.606. The summed E-state index contributed by atoms with van der Waals surface area (Å²) in [7, 11) is 4.11. The topological polar surface area (TPSA) is 54.2 Å². The van der Waals surface area contributed by atoms with Crippen molar-refractivity contribution in [2.75, 3.05) is 33.7 Å². The molecule has 0 saturated carbocycles. The van der Waals surface area contributed by atoms with E-state index in [2.05, 4.69) is 41.4 Å². The van der Waals surface area contributed by atoms with Gasteiger partial charge in [-0.15, -0.1) is 0 Å². The van der Waals surface area contributed by atoms with Crippen LogP contribution in [0.15, 0.2) is 4.52 Å². The summed E-state index contributed by atoms with van der Waals surface area (Å²) in [5.41, 5.74) is 0. The van der Waals surface area contributed by atoms with E-state index < -0.39 is 0 Å². The highest BCUT2D eigenvalue weighted by atomic mass is 16.5. The molecule has 2 unspecified atom stereocenters. The monoisotopic (exact) mass is 266 g/mol. The van der Waals surface area contributed by atoms with Crippen molar-refractivity contribution in [1.29, 1.82) is 0 Å². The van der Waals surface area contributed by atoms with Crippen molar-refractivity contribution in [3.8, 4) is 0 Å². The fraction of sp³-hybridized carbons (Fsp3) is 0.857. The molecule has 2 heterocycles. The zero-order chi connectivity index (χ0) is 13.7. The van der Waals surface area contributed by atoms with Crippen LogP contribution in [0.3, 0.4) is 0 Å². The first-order valence-electron chi connectivity index (χ1n) is 7.32. The summed E-state index contributed by atoms with van der Waals surface area (Å²) in [6.45, 7) is 5.55. The van der Waals surface area contributed by atoms with E-state index in [4.69, 9.17) is 4.52 Å². The number of likely N-dealkylation sites (N-methyl/N-ethyl adjacent to an activating group) is 1. The van der Waals surface area contributed by atoms with E-state index in [1.165, 1.54) is 19.4 Å². The predicted octanol–water partition coefficient (Wildman–Crippen LogP) is 1.35. The van der Waals surface area contributed by atoms with Crippen LogP contribution in [0.2, 0.25) is 0 Å². The number of hydrogen-bond acceptors (Lipinski definition) is 5. The van der Waals surface area contributed by atoms with Crippen LogP contribution in [0.25, 0.3) is 0 Å². The van der Waals surface area contributed by atoms with Gasteiger partial charge < -0.3 is 14.7 Å². The van der Waals surface area contributed by atoms with E-state index in [9.17, 15) is 0 Å². The molecule has 1 N–H and O–H groups in total. The van der Waals surface area contributed by atoms with Crippen LogP contribution in [-0.2, 0) is 12.8 Å². The first-order valence-corrected chi connectivity index (χ1v) is 7.32. The van der Waals surface area contributed by atoms with Gasteiger partial charge in [0.25, 0.3) is 0 Å². The SMILES string of the molecule is CC(Cc1nc(CCN(C)C)no1)C1CCCNC1. The molecule has 1 saturated heterocycles. The van der Waals surface area contributed by atoms with Crippen LogP contribution >= 0.6 is 0 Å². The molecule has 0 spiro atoms. The maximum atomic E-state index is 5.36. The summed E-state index contributed by atoms with van der Waals surface area (Å²) < 4.78 is 5.36. The molecule has 108 valence electrons. The number of hydrogen-bond donors (Lipinski definition) is 1. The van der Waals surface area contributed by atoms with Gasteiger partial charge in [0.15, 0.2) is 5.82 Å². The minimum Gasteiger partial charge on any atom is -0.339 e. The zero-order valence-electron chi connectivity index (χ0n) is 12.4. The molecule has 0 amide bonds. The number of piperidine rings is 1. The Labute approximate surface area is 115 Å². The van der Waals surface area contributed by atoms with Crippen LogP contribution in [0.1, 0.15) is 31.5 Å². The fourth-order valence-corrected chi connectivity index (χ4v) is 2.60. The number of nitrogens with one attached hydrogen (secondary N) is 1. The van der Waals surface area contributed by atoms with E-state index in [-0.39, 0.29) is 0 Å². The third kappa shape index (κ3) is 4.58. The highest BCUT2D eigenvalue weighted by Crippen LogP contribution is 2.22. The smallest absolute Gasteiger partial charge is 0.226 e. The lowest BCUT2D eigenvalue weighted by Crippen LogP contribution is -2.33. The summed E-state index contributed by atoms with van der Waals surface area (Å²) in [4.78, 5) is 6.62. The van der Waals surface area contributed by atoms with Crippen molar-refractivity contribution in [2.45, 2.75) is 32.6 Å². The highest BCUT2D eigenvalue weighted by Gasteiger charge is 2.22. The van der Waals surface area contributed by atoms with Gasteiger partial charge in [0.1, 0.15) is 0 Å². The Hall–Kier alpha value is -0.940. The molecule has 5 nitrogen and oxygen atoms in total. The standard InChI is InChI=1S/C14H26N4O/c1-11(12-5-4-7-15-10-12)9-14-16-13(17-19-14)6-8-18(2)3/h11-12,15H,4-10H2,1-3H3. The van der Waals surface area contributed by atoms with Gasteiger partial charge in [0, 0.05) is 19.4 Å². The van der Waals surface area contributed by atoms with Crippen LogP contribution in [0.4, 0.5) is 0 Å². The lowest BCUT2D eigenvalue weighted by molar-refractivity contribution is 0.256. The molecule has 2 atom stereocenters. The molecule has 19 heavy (non-hydrogen) atoms. The Kier molecular flexibility index (Phi) is 5.34. The molecule has 0 aliphatic carbocycles. The first kappa shape index (κ1) is 14.5. The summed E-state index contributed by atoms with van der Waals surface area (Å²) in [5, 5.41) is 7.53. The summed E-state index contributed by atoms with van der Waals surface area (Å²) in [5.74, 6) is 2.98. The lowest BCUT2D eigenvalue weighted by Gasteiger charge is -2.27. The van der Waals surface area contributed by atoms with E-state index in [0.29, 0.717) is 5.92 Å². The number of rotatable bonds is 6. The molecule has 0 aromatic carbocycles. The minimum atomic E-state index is 0.606. The molecule has 5 heteroatoms. The molecule has 1 aromatic rings. The van der Waals surface area contributed by atoms with Crippen molar-refractivity contribution in [3.05, 3.63) is 11.7 Å². The van der Waals surface area contributed by atoms with Gasteiger partial charge in [0.05, 0.1) is 0 Å². The molecule has 1 aliphatic heterocycles. The van der Waals surface area contributed by atoms with Crippen molar-refractivity contribution >= 4 is 0 Å². The van der Waals surface area contributed by atoms with E-state index in [0.717, 1.165) is 43.6 Å². The van der Waals surface area contributed by atoms with Gasteiger partial charge in [-0.2, -0.15) is 4.98 Å². The van der Waals surface area contributed by atoms with Gasteiger partial charge in [-0.05, 0) is 51.9 Å². The second-order valence-electron chi connectivity index (χ2n) is 5.95. The fourth-order valence-electron chi connectivity index (χ4n) is 2.60. The van der Waals surface area contributed by atoms with Crippen molar-refractivity contribution in [2.24, 2.45) is 11.8 Å². The van der Waals surface area contributed by atoms with Crippen LogP contribution < -0.4 is 5.32 Å². The summed E-state index contributed by atoms with van der Waals surface area (Å²) >= 11 is 0. The Bertz CT molecular complexity index is 371. The first-order chi connectivity index (χ1) is 9.15. The molecular weight excluding hydrogens is 240 g/mol. The third-order valence-corrected chi connectivity index (χ3v) is 3.93. The van der Waals surface area contributed by atoms with E-state index in [1.807, 2.05) is 0 Å². The molecule has 2 rings (SSSR count). The van der Waals surface area contributed by atoms with Crippen molar-refractivity contribution < 1.29 is 4.52 Å². The van der Waals surface area contributed by atoms with Crippen LogP contribution in [-0.4, -0.2) is 48.8 Å². The average Bonchev–Trinajstić information content (AvgIpc) is 2.85. The zero-order valence-corrected chi connectivity index (χ0v) is 12.4. The van der Waals surface area contributed by atoms with E-state index in [1.54, 1.807) is 0 Å². The van der Waals surface area contributed by atoms with Gasteiger partial charge in [-0.25, -0.2) is 0 Å². The second kappa shape index (κ2) is 7.01. The van der Waals surface area contributed by atoms with Crippen molar-refractivity contribution in [1.82, 2.24) is 20.4 Å². The third-order valence-electron chi connectivity index (χ3n) is 3.93. The molecule has 0 radical (unpaired) electrons.